The molecule has 0 aliphatic heterocycles. The van der Waals surface area contributed by atoms with E-state index in [-0.39, 0.29) is 29.7 Å². The summed E-state index contributed by atoms with van der Waals surface area (Å²) in [7, 11) is 0. The predicted molar refractivity (Wildman–Crippen MR) is 105 cm³/mol. The fourth-order valence-electron chi connectivity index (χ4n) is 3.47. The van der Waals surface area contributed by atoms with Crippen LogP contribution in [0.2, 0.25) is 0 Å². The molecule has 2 aromatic heterocycles. The zero-order valence-corrected chi connectivity index (χ0v) is 16.2. The number of halogens is 3. The van der Waals surface area contributed by atoms with E-state index in [0.29, 0.717) is 5.56 Å². The maximum Gasteiger partial charge on any atom is 0.422 e. The van der Waals surface area contributed by atoms with E-state index >= 15 is 0 Å². The Morgan fingerprint density at radius 1 is 1.23 bits per heavy atom. The molecule has 1 aromatic carbocycles. The number of aromatic nitrogens is 2. The van der Waals surface area contributed by atoms with Gasteiger partial charge < -0.3 is 10.1 Å². The highest BCUT2D eigenvalue weighted by atomic mass is 19.4. The molecule has 3 atom stereocenters. The molecule has 0 saturated heterocycles. The van der Waals surface area contributed by atoms with Crippen molar-refractivity contribution in [2.75, 3.05) is 6.61 Å². The van der Waals surface area contributed by atoms with Crippen LogP contribution in [0.1, 0.15) is 36.4 Å². The number of hydrogen-bond donors (Lipinski definition) is 1. The van der Waals surface area contributed by atoms with Crippen LogP contribution in [0.3, 0.4) is 0 Å². The van der Waals surface area contributed by atoms with Gasteiger partial charge in [-0.3, -0.25) is 9.78 Å². The van der Waals surface area contributed by atoms with E-state index in [9.17, 15) is 18.0 Å². The topological polar surface area (TPSA) is 64.1 Å². The van der Waals surface area contributed by atoms with Crippen molar-refractivity contribution >= 4 is 16.8 Å². The average Bonchev–Trinajstić information content (AvgIpc) is 3.53. The predicted octanol–water partition coefficient (Wildman–Crippen LogP) is 4.55. The molecule has 8 heteroatoms. The average molecular weight is 415 g/mol. The van der Waals surface area contributed by atoms with Gasteiger partial charge in [-0.15, -0.1) is 0 Å². The van der Waals surface area contributed by atoms with Crippen LogP contribution in [0.15, 0.2) is 54.9 Å². The van der Waals surface area contributed by atoms with Crippen molar-refractivity contribution in [3.63, 3.8) is 0 Å². The molecule has 1 aliphatic rings. The summed E-state index contributed by atoms with van der Waals surface area (Å²) in [4.78, 5) is 20.8. The first-order chi connectivity index (χ1) is 14.3. The van der Waals surface area contributed by atoms with Crippen molar-refractivity contribution < 1.29 is 22.7 Å². The third-order valence-corrected chi connectivity index (χ3v) is 5.18. The first kappa shape index (κ1) is 20.1. The quantitative estimate of drug-likeness (QED) is 0.642. The Bertz CT molecular complexity index is 1050. The number of benzene rings is 1. The van der Waals surface area contributed by atoms with Crippen molar-refractivity contribution in [2.45, 2.75) is 31.5 Å². The first-order valence-electron chi connectivity index (χ1n) is 9.61. The van der Waals surface area contributed by atoms with Gasteiger partial charge in [0.15, 0.2) is 6.61 Å². The van der Waals surface area contributed by atoms with Gasteiger partial charge in [-0.2, -0.15) is 13.2 Å². The molecule has 4 rings (SSSR count). The SMILES string of the molecule is C[C@@H](NC(=O)[C@@H]1C[C@H]1c1ccc2ncccc2c1)c1ccc(OCC(F)(F)F)nc1. The van der Waals surface area contributed by atoms with Crippen molar-refractivity contribution in [2.24, 2.45) is 5.92 Å². The third-order valence-electron chi connectivity index (χ3n) is 5.18. The summed E-state index contributed by atoms with van der Waals surface area (Å²) in [6.07, 6.45) is -0.464. The smallest absolute Gasteiger partial charge is 0.422 e. The van der Waals surface area contributed by atoms with Crippen LogP contribution < -0.4 is 10.1 Å². The second-order valence-corrected chi connectivity index (χ2v) is 7.47. The molecule has 1 N–H and O–H groups in total. The summed E-state index contributed by atoms with van der Waals surface area (Å²) in [5.74, 6) is -0.0687. The fraction of sp³-hybridized carbons (Fsp3) is 0.318. The minimum Gasteiger partial charge on any atom is -0.468 e. The maximum atomic E-state index is 12.6. The Balaban J connectivity index is 1.33. The van der Waals surface area contributed by atoms with Crippen LogP contribution in [0.5, 0.6) is 5.88 Å². The minimum atomic E-state index is -4.41. The van der Waals surface area contributed by atoms with Crippen LogP contribution >= 0.6 is 0 Å². The Hall–Kier alpha value is -3.16. The number of carbonyl (C=O) groups is 1. The largest absolute Gasteiger partial charge is 0.468 e. The van der Waals surface area contributed by atoms with Crippen LogP contribution in [0.4, 0.5) is 13.2 Å². The van der Waals surface area contributed by atoms with Crippen LogP contribution in [-0.2, 0) is 4.79 Å². The number of amides is 1. The highest BCUT2D eigenvalue weighted by Gasteiger charge is 2.44. The number of rotatable bonds is 6. The summed E-state index contributed by atoms with van der Waals surface area (Å²) in [5.41, 5.74) is 2.74. The zero-order chi connectivity index (χ0) is 21.3. The lowest BCUT2D eigenvalue weighted by Crippen LogP contribution is -2.28. The number of pyridine rings is 2. The van der Waals surface area contributed by atoms with Crippen molar-refractivity contribution in [1.82, 2.24) is 15.3 Å². The summed E-state index contributed by atoms with van der Waals surface area (Å²) in [5, 5.41) is 4.01. The molecule has 1 aliphatic carbocycles. The van der Waals surface area contributed by atoms with Crippen molar-refractivity contribution in [1.29, 1.82) is 0 Å². The number of carbonyl (C=O) groups excluding carboxylic acids is 1. The Morgan fingerprint density at radius 2 is 2.07 bits per heavy atom. The monoisotopic (exact) mass is 415 g/mol. The number of alkyl halides is 3. The van der Waals surface area contributed by atoms with Crippen LogP contribution in [0.25, 0.3) is 10.9 Å². The molecule has 156 valence electrons. The molecule has 0 spiro atoms. The summed E-state index contributed by atoms with van der Waals surface area (Å²) in [6, 6.07) is 12.6. The van der Waals surface area contributed by atoms with Gasteiger partial charge in [-0.1, -0.05) is 18.2 Å². The van der Waals surface area contributed by atoms with E-state index in [2.05, 4.69) is 26.1 Å². The van der Waals surface area contributed by atoms with E-state index < -0.39 is 12.8 Å². The normalized spacial score (nSPS) is 19.3. The highest BCUT2D eigenvalue weighted by molar-refractivity contribution is 5.84. The summed E-state index contributed by atoms with van der Waals surface area (Å²) < 4.78 is 41.2. The van der Waals surface area contributed by atoms with Gasteiger partial charge in [-0.05, 0) is 48.6 Å². The summed E-state index contributed by atoms with van der Waals surface area (Å²) in [6.45, 7) is 0.420. The second kappa shape index (κ2) is 7.93. The Morgan fingerprint density at radius 3 is 2.80 bits per heavy atom. The number of nitrogens with one attached hydrogen (secondary N) is 1. The van der Waals surface area contributed by atoms with Gasteiger partial charge in [0, 0.05) is 29.8 Å². The van der Waals surface area contributed by atoms with Gasteiger partial charge in [0.25, 0.3) is 0 Å². The lowest BCUT2D eigenvalue weighted by atomic mass is 10.1. The van der Waals surface area contributed by atoms with Gasteiger partial charge >= 0.3 is 6.18 Å². The van der Waals surface area contributed by atoms with Crippen molar-refractivity contribution in [3.8, 4) is 5.88 Å². The molecule has 0 bridgehead atoms. The number of hydrogen-bond acceptors (Lipinski definition) is 4. The van der Waals surface area contributed by atoms with Crippen molar-refractivity contribution in [3.05, 3.63) is 66.0 Å². The Kier molecular flexibility index (Phi) is 5.32. The molecule has 2 heterocycles. The molecular weight excluding hydrogens is 395 g/mol. The third kappa shape index (κ3) is 4.69. The molecule has 1 saturated carbocycles. The highest BCUT2D eigenvalue weighted by Crippen LogP contribution is 2.48. The molecule has 3 aromatic rings. The lowest BCUT2D eigenvalue weighted by Gasteiger charge is -2.15. The van der Waals surface area contributed by atoms with Gasteiger partial charge in [0.2, 0.25) is 11.8 Å². The molecule has 30 heavy (non-hydrogen) atoms. The molecule has 1 amide bonds. The molecular formula is C22H20F3N3O2. The van der Waals surface area contributed by atoms with E-state index in [1.807, 2.05) is 31.2 Å². The van der Waals surface area contributed by atoms with E-state index in [0.717, 1.165) is 22.9 Å². The fourth-order valence-corrected chi connectivity index (χ4v) is 3.47. The standard InChI is InChI=1S/C22H20F3N3O2/c1-13(16-5-7-20(27-11-16)30-12-22(23,24)25)28-21(29)18-10-17(18)14-4-6-19-15(9-14)3-2-8-26-19/h2-9,11,13,17-18H,10,12H2,1H3,(H,28,29)/t13-,17+,18-/m1/s1. The summed E-state index contributed by atoms with van der Waals surface area (Å²) >= 11 is 0. The molecule has 0 unspecified atom stereocenters. The first-order valence-corrected chi connectivity index (χ1v) is 9.61. The van der Waals surface area contributed by atoms with Gasteiger partial charge in [0.05, 0.1) is 11.6 Å². The zero-order valence-electron chi connectivity index (χ0n) is 16.2. The lowest BCUT2D eigenvalue weighted by molar-refractivity contribution is -0.154. The number of ether oxygens (including phenoxy) is 1. The minimum absolute atomic E-state index is 0.0452. The second-order valence-electron chi connectivity index (χ2n) is 7.47. The van der Waals surface area contributed by atoms with Crippen LogP contribution in [-0.4, -0.2) is 28.7 Å². The number of fused-ring (bicyclic) bond motifs is 1. The van der Waals surface area contributed by atoms with E-state index in [1.54, 1.807) is 12.3 Å². The van der Waals surface area contributed by atoms with E-state index in [4.69, 9.17) is 0 Å². The maximum absolute atomic E-state index is 12.6. The Labute approximate surface area is 171 Å². The molecule has 0 radical (unpaired) electrons. The molecule has 5 nitrogen and oxygen atoms in total. The van der Waals surface area contributed by atoms with Gasteiger partial charge in [0.1, 0.15) is 0 Å². The number of nitrogens with zero attached hydrogens (tertiary/aromatic N) is 2. The molecule has 1 fully saturated rings. The van der Waals surface area contributed by atoms with Crippen LogP contribution in [0, 0.1) is 5.92 Å². The van der Waals surface area contributed by atoms with E-state index in [1.165, 1.54) is 12.3 Å². The van der Waals surface area contributed by atoms with Gasteiger partial charge in [-0.25, -0.2) is 4.98 Å².